The fourth-order valence-electron chi connectivity index (χ4n) is 2.62. The summed E-state index contributed by atoms with van der Waals surface area (Å²) in [6, 6.07) is 18.2. The second kappa shape index (κ2) is 10.2. The Bertz CT molecular complexity index is 662. The molecule has 0 aliphatic rings. The molecule has 0 fully saturated rings. The van der Waals surface area contributed by atoms with Gasteiger partial charge in [-0.3, -0.25) is 10.6 Å². The molecule has 0 spiro atoms. The third-order valence-corrected chi connectivity index (χ3v) is 4.00. The van der Waals surface area contributed by atoms with Crippen LogP contribution in [0.15, 0.2) is 60.7 Å². The number of anilines is 2. The van der Waals surface area contributed by atoms with Crippen LogP contribution >= 0.6 is 0 Å². The number of nitrogens with one attached hydrogen (secondary N) is 2. The van der Waals surface area contributed by atoms with Crippen molar-refractivity contribution < 1.29 is 19.1 Å². The smallest absolute Gasteiger partial charge is 0.411 e. The molecule has 0 unspecified atom stereocenters. The van der Waals surface area contributed by atoms with E-state index in [2.05, 4.69) is 10.6 Å². The van der Waals surface area contributed by atoms with Crippen LogP contribution in [-0.2, 0) is 9.47 Å². The van der Waals surface area contributed by atoms with E-state index in [0.717, 1.165) is 12.8 Å². The first-order chi connectivity index (χ1) is 13.0. The zero-order valence-corrected chi connectivity index (χ0v) is 15.7. The Balaban J connectivity index is 1.82. The highest BCUT2D eigenvalue weighted by Gasteiger charge is 2.28. The van der Waals surface area contributed by atoms with Crippen LogP contribution in [0.3, 0.4) is 0 Å². The molecular weight excluding hydrogens is 344 g/mol. The maximum atomic E-state index is 12.0. The van der Waals surface area contributed by atoms with Crippen molar-refractivity contribution >= 4 is 23.6 Å². The van der Waals surface area contributed by atoms with Crippen molar-refractivity contribution in [3.8, 4) is 0 Å². The highest BCUT2D eigenvalue weighted by atomic mass is 16.6. The topological polar surface area (TPSA) is 76.7 Å². The van der Waals surface area contributed by atoms with Crippen molar-refractivity contribution in [1.29, 1.82) is 0 Å². The molecule has 0 aliphatic heterocycles. The zero-order chi connectivity index (χ0) is 19.5. The Kier molecular flexibility index (Phi) is 7.67. The normalized spacial score (nSPS) is 10.7. The van der Waals surface area contributed by atoms with Crippen LogP contribution in [-0.4, -0.2) is 25.4 Å². The maximum absolute atomic E-state index is 12.0. The Hall–Kier alpha value is -3.02. The van der Waals surface area contributed by atoms with E-state index in [9.17, 15) is 9.59 Å². The number of benzene rings is 2. The van der Waals surface area contributed by atoms with Gasteiger partial charge in [-0.25, -0.2) is 9.59 Å². The largest absolute Gasteiger partial charge is 0.449 e. The van der Waals surface area contributed by atoms with Crippen molar-refractivity contribution in [3.05, 3.63) is 60.7 Å². The summed E-state index contributed by atoms with van der Waals surface area (Å²) in [5, 5.41) is 5.35. The summed E-state index contributed by atoms with van der Waals surface area (Å²) < 4.78 is 10.7. The average molecular weight is 370 g/mol. The van der Waals surface area contributed by atoms with E-state index in [-0.39, 0.29) is 13.2 Å². The second-order valence-electron chi connectivity index (χ2n) is 6.69. The summed E-state index contributed by atoms with van der Waals surface area (Å²) in [5.41, 5.74) is 0.868. The van der Waals surface area contributed by atoms with Gasteiger partial charge < -0.3 is 9.47 Å². The number of hydrogen-bond acceptors (Lipinski definition) is 4. The molecule has 6 nitrogen and oxygen atoms in total. The predicted molar refractivity (Wildman–Crippen MR) is 106 cm³/mol. The van der Waals surface area contributed by atoms with Crippen molar-refractivity contribution in [2.75, 3.05) is 23.8 Å². The molecule has 2 rings (SSSR count). The van der Waals surface area contributed by atoms with Crippen LogP contribution in [0.25, 0.3) is 0 Å². The van der Waals surface area contributed by atoms with E-state index in [1.807, 2.05) is 50.2 Å². The van der Waals surface area contributed by atoms with Crippen LogP contribution in [0.4, 0.5) is 21.0 Å². The van der Waals surface area contributed by atoms with Crippen LogP contribution < -0.4 is 10.6 Å². The quantitative estimate of drug-likeness (QED) is 0.662. The standard InChI is InChI=1S/C21H26N2O4/c1-3-14-21(2,15-26-19(24)22-17-10-6-4-7-11-17)16-27-20(25)23-18-12-8-5-9-13-18/h4-13H,3,14-16H2,1-2H3,(H,22,24)(H,23,25). The van der Waals surface area contributed by atoms with Gasteiger partial charge in [-0.15, -0.1) is 0 Å². The molecule has 144 valence electrons. The summed E-state index contributed by atoms with van der Waals surface area (Å²) in [6.45, 7) is 4.27. The monoisotopic (exact) mass is 370 g/mol. The predicted octanol–water partition coefficient (Wildman–Crippen LogP) is 5.29. The van der Waals surface area contributed by atoms with Gasteiger partial charge in [0, 0.05) is 16.8 Å². The minimum absolute atomic E-state index is 0.151. The molecule has 2 aromatic rings. The number of carbonyl (C=O) groups excluding carboxylic acids is 2. The van der Waals surface area contributed by atoms with Crippen molar-refractivity contribution in [1.82, 2.24) is 0 Å². The number of hydrogen-bond donors (Lipinski definition) is 2. The van der Waals surface area contributed by atoms with Gasteiger partial charge >= 0.3 is 12.2 Å². The average Bonchev–Trinajstić information content (AvgIpc) is 2.67. The number of rotatable bonds is 8. The lowest BCUT2D eigenvalue weighted by Gasteiger charge is -2.28. The van der Waals surface area contributed by atoms with Gasteiger partial charge in [0.05, 0.1) is 0 Å². The summed E-state index contributed by atoms with van der Waals surface area (Å²) in [5.74, 6) is 0. The Morgan fingerprint density at radius 3 is 1.59 bits per heavy atom. The molecule has 2 N–H and O–H groups in total. The fourth-order valence-corrected chi connectivity index (χ4v) is 2.62. The van der Waals surface area contributed by atoms with Gasteiger partial charge in [-0.2, -0.15) is 0 Å². The molecule has 27 heavy (non-hydrogen) atoms. The Labute approximate surface area is 159 Å². The summed E-state index contributed by atoms with van der Waals surface area (Å²) in [6.07, 6.45) is 0.572. The number of carbonyl (C=O) groups is 2. The van der Waals surface area contributed by atoms with E-state index in [4.69, 9.17) is 9.47 Å². The third kappa shape index (κ3) is 7.40. The Morgan fingerprint density at radius 1 is 0.815 bits per heavy atom. The zero-order valence-electron chi connectivity index (χ0n) is 15.7. The van der Waals surface area contributed by atoms with Crippen molar-refractivity contribution in [2.45, 2.75) is 26.7 Å². The van der Waals surface area contributed by atoms with Gasteiger partial charge in [0.25, 0.3) is 0 Å². The van der Waals surface area contributed by atoms with Crippen molar-refractivity contribution in [3.63, 3.8) is 0 Å². The molecule has 0 aliphatic carbocycles. The molecule has 2 amide bonds. The van der Waals surface area contributed by atoms with E-state index >= 15 is 0 Å². The van der Waals surface area contributed by atoms with E-state index in [1.165, 1.54) is 0 Å². The van der Waals surface area contributed by atoms with Crippen LogP contribution in [0, 0.1) is 5.41 Å². The van der Waals surface area contributed by atoms with Crippen LogP contribution in [0.2, 0.25) is 0 Å². The molecular formula is C21H26N2O4. The lowest BCUT2D eigenvalue weighted by molar-refractivity contribution is 0.0394. The van der Waals surface area contributed by atoms with Gasteiger partial charge in [-0.05, 0) is 30.7 Å². The number of ether oxygens (including phenoxy) is 2. The highest BCUT2D eigenvalue weighted by Crippen LogP contribution is 2.25. The van der Waals surface area contributed by atoms with Gasteiger partial charge in [0.2, 0.25) is 0 Å². The van der Waals surface area contributed by atoms with E-state index < -0.39 is 17.6 Å². The lowest BCUT2D eigenvalue weighted by Crippen LogP contribution is -2.33. The molecule has 0 radical (unpaired) electrons. The molecule has 0 saturated carbocycles. The number of para-hydroxylation sites is 2. The summed E-state index contributed by atoms with van der Waals surface area (Å²) in [4.78, 5) is 24.0. The molecule has 0 bridgehead atoms. The SMILES string of the molecule is CCCC(C)(COC(=O)Nc1ccccc1)COC(=O)Nc1ccccc1. The fraction of sp³-hybridized carbons (Fsp3) is 0.333. The molecule has 0 aromatic heterocycles. The molecule has 0 atom stereocenters. The van der Waals surface area contributed by atoms with Crippen LogP contribution in [0.5, 0.6) is 0 Å². The molecule has 6 heteroatoms. The molecule has 0 saturated heterocycles. The molecule has 0 heterocycles. The van der Waals surface area contributed by atoms with Gasteiger partial charge in [0.15, 0.2) is 0 Å². The summed E-state index contributed by atoms with van der Waals surface area (Å²) >= 11 is 0. The maximum Gasteiger partial charge on any atom is 0.411 e. The van der Waals surface area contributed by atoms with Crippen molar-refractivity contribution in [2.24, 2.45) is 5.41 Å². The minimum Gasteiger partial charge on any atom is -0.449 e. The first-order valence-electron chi connectivity index (χ1n) is 8.98. The van der Waals surface area contributed by atoms with Crippen LogP contribution in [0.1, 0.15) is 26.7 Å². The third-order valence-electron chi connectivity index (χ3n) is 4.00. The first-order valence-corrected chi connectivity index (χ1v) is 8.98. The lowest BCUT2D eigenvalue weighted by atomic mass is 9.87. The minimum atomic E-state index is -0.530. The Morgan fingerprint density at radius 2 is 1.22 bits per heavy atom. The van der Waals surface area contributed by atoms with Gasteiger partial charge in [-0.1, -0.05) is 56.7 Å². The van der Waals surface area contributed by atoms with E-state index in [0.29, 0.717) is 11.4 Å². The highest BCUT2D eigenvalue weighted by molar-refractivity contribution is 5.85. The summed E-state index contributed by atoms with van der Waals surface area (Å²) in [7, 11) is 0. The second-order valence-corrected chi connectivity index (χ2v) is 6.69. The first kappa shape index (κ1) is 20.3. The number of amides is 2. The van der Waals surface area contributed by atoms with E-state index in [1.54, 1.807) is 24.3 Å². The van der Waals surface area contributed by atoms with Gasteiger partial charge in [0.1, 0.15) is 13.2 Å². The molecule has 2 aromatic carbocycles.